The highest BCUT2D eigenvalue weighted by Gasteiger charge is 2.16. The lowest BCUT2D eigenvalue weighted by atomic mass is 10.1. The van der Waals surface area contributed by atoms with Crippen molar-refractivity contribution in [2.75, 3.05) is 5.32 Å². The maximum absolute atomic E-state index is 6.40. The molecule has 174 valence electrons. The number of hydrogen-bond donors (Lipinski definition) is 1. The fraction of sp³-hybridized carbons (Fsp3) is 0.222. The van der Waals surface area contributed by atoms with Crippen LogP contribution in [0.25, 0.3) is 29.2 Å². The molecule has 5 nitrogen and oxygen atoms in total. The lowest BCUT2D eigenvalue weighted by Gasteiger charge is -2.19. The number of aromatic nitrogens is 3. The van der Waals surface area contributed by atoms with Crippen molar-refractivity contribution < 1.29 is 0 Å². The molecule has 0 bridgehead atoms. The van der Waals surface area contributed by atoms with Crippen LogP contribution in [0.5, 0.6) is 0 Å². The lowest BCUT2D eigenvalue weighted by Crippen LogP contribution is -2.39. The molecule has 2 aromatic rings. The van der Waals surface area contributed by atoms with Crippen molar-refractivity contribution in [3.05, 3.63) is 80.5 Å². The van der Waals surface area contributed by atoms with E-state index in [2.05, 4.69) is 34.8 Å². The number of nitrogens with one attached hydrogen (secondary N) is 1. The van der Waals surface area contributed by atoms with Crippen molar-refractivity contribution in [3.8, 4) is 17.1 Å². The van der Waals surface area contributed by atoms with Crippen LogP contribution in [0.2, 0.25) is 10.0 Å². The topological polar surface area (TPSA) is 55.1 Å². The minimum atomic E-state index is 0.112. The van der Waals surface area contributed by atoms with E-state index in [4.69, 9.17) is 33.2 Å². The number of anilines is 2. The van der Waals surface area contributed by atoms with Gasteiger partial charge < -0.3 is 9.88 Å². The smallest absolute Gasteiger partial charge is 0.0900 e. The van der Waals surface area contributed by atoms with Gasteiger partial charge in [0.25, 0.3) is 0 Å². The minimum absolute atomic E-state index is 0.112. The minimum Gasteiger partial charge on any atom is -0.352 e. The summed E-state index contributed by atoms with van der Waals surface area (Å²) >= 11 is 12.6. The van der Waals surface area contributed by atoms with E-state index in [9.17, 15) is 0 Å². The average molecular weight is 492 g/mol. The molecule has 0 saturated carbocycles. The fourth-order valence-electron chi connectivity index (χ4n) is 3.84. The van der Waals surface area contributed by atoms with Crippen LogP contribution in [0.15, 0.2) is 53.7 Å². The molecule has 0 saturated heterocycles. The Bertz CT molecular complexity index is 1500. The van der Waals surface area contributed by atoms with Gasteiger partial charge in [0.15, 0.2) is 0 Å². The molecule has 4 rings (SSSR count). The molecule has 0 unspecified atom stereocenters. The van der Waals surface area contributed by atoms with Crippen LogP contribution in [0.4, 0.5) is 11.4 Å². The molecule has 1 N–H and O–H groups in total. The summed E-state index contributed by atoms with van der Waals surface area (Å²) in [5.74, 6) is 0. The van der Waals surface area contributed by atoms with E-state index in [0.29, 0.717) is 10.0 Å². The Kier molecular flexibility index (Phi) is 7.05. The Morgan fingerprint density at radius 1 is 1.00 bits per heavy atom. The molecule has 0 atom stereocenters. The van der Waals surface area contributed by atoms with Gasteiger partial charge in [-0.05, 0) is 77.1 Å². The molecule has 1 aliphatic heterocycles. The lowest BCUT2D eigenvalue weighted by molar-refractivity contribution is 0.805. The van der Waals surface area contributed by atoms with E-state index in [1.54, 1.807) is 0 Å². The van der Waals surface area contributed by atoms with Crippen molar-refractivity contribution in [1.82, 2.24) is 14.5 Å². The monoisotopic (exact) mass is 491 g/mol. The van der Waals surface area contributed by atoms with Gasteiger partial charge >= 0.3 is 0 Å². The summed E-state index contributed by atoms with van der Waals surface area (Å²) in [6, 6.07) is 13.9. The number of nitrogens with zero attached hydrogens (tertiary/aromatic N) is 4. The summed E-state index contributed by atoms with van der Waals surface area (Å²) in [5.41, 5.74) is 5.38. The Balaban J connectivity index is 2.07. The molecular weight excluding hydrogens is 465 g/mol. The molecular formula is C27H27Cl2N5. The second kappa shape index (κ2) is 10.00. The maximum atomic E-state index is 6.40. The van der Waals surface area contributed by atoms with Crippen LogP contribution < -0.4 is 21.4 Å². The molecule has 0 spiro atoms. The van der Waals surface area contributed by atoms with Crippen LogP contribution in [0.1, 0.15) is 33.4 Å². The van der Waals surface area contributed by atoms with Crippen LogP contribution in [0, 0.1) is 6.92 Å². The van der Waals surface area contributed by atoms with Gasteiger partial charge in [-0.25, -0.2) is 4.98 Å². The second-order valence-electron chi connectivity index (χ2n) is 8.29. The first kappa shape index (κ1) is 24.0. The van der Waals surface area contributed by atoms with Crippen molar-refractivity contribution in [1.29, 1.82) is 0 Å². The highest BCUT2D eigenvalue weighted by atomic mass is 35.5. The Labute approximate surface area is 209 Å². The Morgan fingerprint density at radius 3 is 2.41 bits per heavy atom. The zero-order chi connectivity index (χ0) is 24.4. The first-order valence-corrected chi connectivity index (χ1v) is 11.9. The molecule has 1 aliphatic carbocycles. The van der Waals surface area contributed by atoms with E-state index < -0.39 is 0 Å². The summed E-state index contributed by atoms with van der Waals surface area (Å²) in [6.45, 7) is 10.1. The van der Waals surface area contributed by atoms with Gasteiger partial charge in [0.2, 0.25) is 0 Å². The van der Waals surface area contributed by atoms with Gasteiger partial charge in [0, 0.05) is 17.4 Å². The van der Waals surface area contributed by atoms with Crippen molar-refractivity contribution in [3.63, 3.8) is 0 Å². The first-order valence-electron chi connectivity index (χ1n) is 11.2. The molecule has 2 heterocycles. The van der Waals surface area contributed by atoms with Gasteiger partial charge in [-0.2, -0.15) is 0 Å². The van der Waals surface area contributed by atoms with E-state index in [1.165, 1.54) is 0 Å². The molecule has 1 aromatic carbocycles. The van der Waals surface area contributed by atoms with Gasteiger partial charge in [0.05, 0.1) is 55.1 Å². The predicted molar refractivity (Wildman–Crippen MR) is 143 cm³/mol. The first-order chi connectivity index (χ1) is 16.3. The number of aryl methyl sites for hydroxylation is 1. The van der Waals surface area contributed by atoms with E-state index >= 15 is 0 Å². The van der Waals surface area contributed by atoms with Gasteiger partial charge in [-0.15, -0.1) is 0 Å². The molecule has 7 heteroatoms. The molecule has 2 aliphatic rings. The van der Waals surface area contributed by atoms with E-state index in [1.807, 2.05) is 75.5 Å². The molecule has 1 aromatic heterocycles. The third-order valence-corrected chi connectivity index (χ3v) is 6.11. The molecule has 0 amide bonds. The number of pyridine rings is 1. The highest BCUT2D eigenvalue weighted by molar-refractivity contribution is 6.42. The molecule has 0 fully saturated rings. The summed E-state index contributed by atoms with van der Waals surface area (Å²) in [5, 5.41) is 7.17. The predicted octanol–water partition coefficient (Wildman–Crippen LogP) is 5.64. The standard InChI is InChI=1S/C27H27Cl2N5/c1-6-22-26(7-2)34(19-10-11-20(28)21(29)12-19)27-14-24(31-16(3)4)23(13-25(27)33-22)32-18-9-8-17(5)30-15-18/h6-16,32H,1-5H3/b22-6+,26-7+,31-24?. The van der Waals surface area contributed by atoms with E-state index in [-0.39, 0.29) is 6.04 Å². The average Bonchev–Trinajstić information content (AvgIpc) is 2.81. The second-order valence-corrected chi connectivity index (χ2v) is 9.10. The Hall–Kier alpha value is -3.15. The largest absolute Gasteiger partial charge is 0.352 e. The van der Waals surface area contributed by atoms with Crippen LogP contribution in [0.3, 0.4) is 0 Å². The van der Waals surface area contributed by atoms with Crippen molar-refractivity contribution in [2.45, 2.75) is 40.7 Å². The quantitative estimate of drug-likeness (QED) is 0.401. The third kappa shape index (κ3) is 4.86. The summed E-state index contributed by atoms with van der Waals surface area (Å²) in [6.07, 6.45) is 5.88. The van der Waals surface area contributed by atoms with Crippen molar-refractivity contribution in [2.24, 2.45) is 4.99 Å². The van der Waals surface area contributed by atoms with E-state index in [0.717, 1.165) is 50.2 Å². The van der Waals surface area contributed by atoms with Crippen LogP contribution in [-0.4, -0.2) is 20.6 Å². The number of rotatable bonds is 4. The summed E-state index contributed by atoms with van der Waals surface area (Å²) in [4.78, 5) is 14.3. The van der Waals surface area contributed by atoms with Crippen molar-refractivity contribution >= 4 is 46.7 Å². The number of fused-ring (bicyclic) bond motifs is 1. The SMILES string of the molecule is C/C=c1/nc2cc(Nc3ccc(C)nc3)c(=NC(C)C)cc-2n(-c2ccc(Cl)c(Cl)c2)/c1=C/C. The third-order valence-electron chi connectivity index (χ3n) is 5.37. The number of hydrogen-bond acceptors (Lipinski definition) is 4. The van der Waals surface area contributed by atoms with Gasteiger partial charge in [-0.1, -0.05) is 35.4 Å². The number of halogens is 2. The van der Waals surface area contributed by atoms with Crippen LogP contribution >= 0.6 is 23.2 Å². The normalized spacial score (nSPS) is 13.4. The van der Waals surface area contributed by atoms with Crippen LogP contribution in [-0.2, 0) is 0 Å². The van der Waals surface area contributed by atoms with Gasteiger partial charge in [0.1, 0.15) is 0 Å². The zero-order valence-corrected chi connectivity index (χ0v) is 21.4. The molecule has 0 radical (unpaired) electrons. The highest BCUT2D eigenvalue weighted by Crippen LogP contribution is 2.27. The molecule has 34 heavy (non-hydrogen) atoms. The number of benzene rings is 2. The zero-order valence-electron chi connectivity index (χ0n) is 19.9. The summed E-state index contributed by atoms with van der Waals surface area (Å²) in [7, 11) is 0. The Morgan fingerprint density at radius 2 is 1.79 bits per heavy atom. The fourth-order valence-corrected chi connectivity index (χ4v) is 4.13. The maximum Gasteiger partial charge on any atom is 0.0900 e. The summed E-state index contributed by atoms with van der Waals surface area (Å²) < 4.78 is 2.15. The van der Waals surface area contributed by atoms with Gasteiger partial charge in [-0.3, -0.25) is 9.98 Å².